The van der Waals surface area contributed by atoms with Crippen LogP contribution in [-0.4, -0.2) is 59.0 Å². The average Bonchev–Trinajstić information content (AvgIpc) is 2.94. The molecule has 2 amide bonds. The van der Waals surface area contributed by atoms with E-state index in [4.69, 9.17) is 21.1 Å². The Hall–Kier alpha value is -3.76. The summed E-state index contributed by atoms with van der Waals surface area (Å²) in [5.74, 6) is -0.408. The van der Waals surface area contributed by atoms with Gasteiger partial charge in [0.1, 0.15) is 12.6 Å². The van der Waals surface area contributed by atoms with Crippen molar-refractivity contribution in [2.75, 3.05) is 32.1 Å². The van der Waals surface area contributed by atoms with E-state index in [2.05, 4.69) is 5.32 Å². The number of para-hydroxylation sites is 1. The van der Waals surface area contributed by atoms with Crippen LogP contribution in [0.3, 0.4) is 0 Å². The molecule has 3 aromatic carbocycles. The van der Waals surface area contributed by atoms with Gasteiger partial charge in [-0.1, -0.05) is 48.0 Å². The van der Waals surface area contributed by atoms with Crippen molar-refractivity contribution < 1.29 is 27.5 Å². The summed E-state index contributed by atoms with van der Waals surface area (Å²) in [6, 6.07) is 18.5. The quantitative estimate of drug-likeness (QED) is 0.384. The smallest absolute Gasteiger partial charge is 0.264 e. The van der Waals surface area contributed by atoms with Crippen LogP contribution in [0.1, 0.15) is 12.5 Å². The maximum atomic E-state index is 13.9. The maximum Gasteiger partial charge on any atom is 0.264 e. The molecule has 0 aliphatic rings. The number of likely N-dealkylation sites (N-methyl/N-ethyl adjacent to an activating group) is 1. The fraction of sp³-hybridized carbons (Fsp3) is 0.259. The Balaban J connectivity index is 2.05. The van der Waals surface area contributed by atoms with Gasteiger partial charge >= 0.3 is 0 Å². The molecule has 0 aliphatic carbocycles. The van der Waals surface area contributed by atoms with Crippen LogP contribution in [0.2, 0.25) is 5.02 Å². The predicted octanol–water partition coefficient (Wildman–Crippen LogP) is 3.72. The highest BCUT2D eigenvalue weighted by Crippen LogP contribution is 2.32. The summed E-state index contributed by atoms with van der Waals surface area (Å²) < 4.78 is 39.3. The summed E-state index contributed by atoms with van der Waals surface area (Å²) in [6.07, 6.45) is 0. The number of rotatable bonds is 11. The van der Waals surface area contributed by atoms with Crippen LogP contribution in [0.5, 0.6) is 11.5 Å². The third kappa shape index (κ3) is 6.38. The van der Waals surface area contributed by atoms with Crippen LogP contribution in [0.25, 0.3) is 0 Å². The molecule has 9 nitrogen and oxygen atoms in total. The zero-order valence-corrected chi connectivity index (χ0v) is 23.1. The lowest BCUT2D eigenvalue weighted by Gasteiger charge is -2.32. The molecule has 202 valence electrons. The Kier molecular flexibility index (Phi) is 9.60. The van der Waals surface area contributed by atoms with Crippen molar-refractivity contribution in [1.82, 2.24) is 10.2 Å². The summed E-state index contributed by atoms with van der Waals surface area (Å²) in [5.41, 5.74) is 0.896. The van der Waals surface area contributed by atoms with E-state index in [0.717, 1.165) is 4.31 Å². The monoisotopic (exact) mass is 559 g/mol. The van der Waals surface area contributed by atoms with E-state index in [-0.39, 0.29) is 22.9 Å². The Morgan fingerprint density at radius 1 is 0.947 bits per heavy atom. The van der Waals surface area contributed by atoms with E-state index in [9.17, 15) is 18.0 Å². The van der Waals surface area contributed by atoms with E-state index < -0.39 is 34.4 Å². The van der Waals surface area contributed by atoms with Crippen LogP contribution in [0.4, 0.5) is 5.69 Å². The lowest BCUT2D eigenvalue weighted by Crippen LogP contribution is -2.50. The van der Waals surface area contributed by atoms with Crippen LogP contribution in [0.15, 0.2) is 77.7 Å². The molecule has 0 heterocycles. The fourth-order valence-electron chi connectivity index (χ4n) is 3.83. The summed E-state index contributed by atoms with van der Waals surface area (Å²) >= 11 is 6.33. The molecule has 0 spiro atoms. The molecule has 0 bridgehead atoms. The number of amides is 2. The molecule has 0 radical (unpaired) electrons. The minimum atomic E-state index is -4.25. The van der Waals surface area contributed by atoms with Crippen molar-refractivity contribution >= 4 is 39.1 Å². The summed E-state index contributed by atoms with van der Waals surface area (Å²) in [6.45, 7) is 1.02. The Labute approximate surface area is 228 Å². The number of hydrogen-bond acceptors (Lipinski definition) is 6. The molecular formula is C27H30ClN3O6S. The number of hydrogen-bond donors (Lipinski definition) is 1. The summed E-state index contributed by atoms with van der Waals surface area (Å²) in [7, 11) is 0.0668. The molecule has 0 saturated heterocycles. The number of carbonyl (C=O) groups is 2. The van der Waals surface area contributed by atoms with Crippen molar-refractivity contribution in [1.29, 1.82) is 0 Å². The van der Waals surface area contributed by atoms with Crippen LogP contribution in [-0.2, 0) is 26.2 Å². The van der Waals surface area contributed by atoms with E-state index >= 15 is 0 Å². The lowest BCUT2D eigenvalue weighted by molar-refractivity contribution is -0.139. The number of sulfonamides is 1. The largest absolute Gasteiger partial charge is 0.493 e. The SMILES string of the molecule is CNC(=O)[C@@H](C)N(Cc1ccccc1Cl)C(=O)CN(c1ccccc1)S(=O)(=O)c1ccc(OC)c(OC)c1. The van der Waals surface area contributed by atoms with Gasteiger partial charge in [-0.15, -0.1) is 0 Å². The van der Waals surface area contributed by atoms with Crippen molar-refractivity contribution in [2.45, 2.75) is 24.4 Å². The molecule has 3 rings (SSSR count). The molecule has 1 N–H and O–H groups in total. The number of benzene rings is 3. The molecule has 0 saturated carbocycles. The Bertz CT molecular complexity index is 1380. The number of nitrogens with one attached hydrogen (secondary N) is 1. The number of ether oxygens (including phenoxy) is 2. The van der Waals surface area contributed by atoms with Crippen LogP contribution in [0, 0.1) is 0 Å². The normalized spacial score (nSPS) is 11.8. The Morgan fingerprint density at radius 2 is 1.58 bits per heavy atom. The van der Waals surface area contributed by atoms with Crippen molar-refractivity contribution in [2.24, 2.45) is 0 Å². The highest BCUT2D eigenvalue weighted by Gasteiger charge is 2.33. The van der Waals surface area contributed by atoms with Gasteiger partial charge in [-0.05, 0) is 42.8 Å². The number of nitrogens with zero attached hydrogens (tertiary/aromatic N) is 2. The van der Waals surface area contributed by atoms with E-state index in [0.29, 0.717) is 16.3 Å². The standard InChI is InChI=1S/C27H30ClN3O6S/c1-19(27(33)29-2)30(17-20-10-8-9-13-23(20)28)26(32)18-31(21-11-6-5-7-12-21)38(34,35)22-14-15-24(36-3)25(16-22)37-4/h5-16,19H,17-18H2,1-4H3,(H,29,33)/t19-/m1/s1. The lowest BCUT2D eigenvalue weighted by atomic mass is 10.1. The van der Waals surface area contributed by atoms with Gasteiger partial charge < -0.3 is 19.7 Å². The average molecular weight is 560 g/mol. The van der Waals surface area contributed by atoms with E-state index in [1.807, 2.05) is 0 Å². The topological polar surface area (TPSA) is 105 Å². The zero-order chi connectivity index (χ0) is 27.9. The third-order valence-electron chi connectivity index (χ3n) is 5.98. The summed E-state index contributed by atoms with van der Waals surface area (Å²) in [4.78, 5) is 27.5. The minimum absolute atomic E-state index is 0.00608. The van der Waals surface area contributed by atoms with Gasteiger partial charge in [0.25, 0.3) is 10.0 Å². The molecule has 1 atom stereocenters. The van der Waals surface area contributed by atoms with Gasteiger partial charge in [-0.2, -0.15) is 0 Å². The number of methoxy groups -OCH3 is 2. The minimum Gasteiger partial charge on any atom is -0.493 e. The summed E-state index contributed by atoms with van der Waals surface area (Å²) in [5, 5.41) is 2.97. The first-order valence-electron chi connectivity index (χ1n) is 11.7. The molecule has 0 fully saturated rings. The van der Waals surface area contributed by atoms with Crippen molar-refractivity contribution in [3.63, 3.8) is 0 Å². The second-order valence-electron chi connectivity index (χ2n) is 8.27. The van der Waals surface area contributed by atoms with Crippen molar-refractivity contribution in [3.05, 3.63) is 83.4 Å². The molecule has 3 aromatic rings. The van der Waals surface area contributed by atoms with Gasteiger partial charge in [0, 0.05) is 24.7 Å². The zero-order valence-electron chi connectivity index (χ0n) is 21.5. The van der Waals surface area contributed by atoms with Gasteiger partial charge in [-0.25, -0.2) is 8.42 Å². The number of anilines is 1. The first-order valence-corrected chi connectivity index (χ1v) is 13.5. The molecule has 0 unspecified atom stereocenters. The molecule has 0 aliphatic heterocycles. The highest BCUT2D eigenvalue weighted by atomic mass is 35.5. The molecular weight excluding hydrogens is 530 g/mol. The molecule has 11 heteroatoms. The third-order valence-corrected chi connectivity index (χ3v) is 8.12. The van der Waals surface area contributed by atoms with Crippen molar-refractivity contribution in [3.8, 4) is 11.5 Å². The van der Waals surface area contributed by atoms with Gasteiger partial charge in [-0.3, -0.25) is 13.9 Å². The second kappa shape index (κ2) is 12.7. The van der Waals surface area contributed by atoms with Gasteiger partial charge in [0.15, 0.2) is 11.5 Å². The first kappa shape index (κ1) is 28.8. The molecule has 0 aromatic heterocycles. The fourth-order valence-corrected chi connectivity index (χ4v) is 5.45. The number of halogens is 1. The predicted molar refractivity (Wildman–Crippen MR) is 146 cm³/mol. The molecule has 38 heavy (non-hydrogen) atoms. The van der Waals surface area contributed by atoms with Crippen LogP contribution >= 0.6 is 11.6 Å². The van der Waals surface area contributed by atoms with Crippen LogP contribution < -0.4 is 19.1 Å². The van der Waals surface area contributed by atoms with Gasteiger partial charge in [0.05, 0.1) is 24.8 Å². The Morgan fingerprint density at radius 3 is 2.18 bits per heavy atom. The van der Waals surface area contributed by atoms with E-state index in [1.54, 1.807) is 61.5 Å². The van der Waals surface area contributed by atoms with E-state index in [1.165, 1.54) is 44.4 Å². The highest BCUT2D eigenvalue weighted by molar-refractivity contribution is 7.92. The maximum absolute atomic E-state index is 13.9. The number of carbonyl (C=O) groups excluding carboxylic acids is 2. The van der Waals surface area contributed by atoms with Gasteiger partial charge in [0.2, 0.25) is 11.8 Å². The first-order chi connectivity index (χ1) is 18.1. The second-order valence-corrected chi connectivity index (χ2v) is 10.5.